The van der Waals surface area contributed by atoms with Crippen molar-refractivity contribution in [3.63, 3.8) is 0 Å². The first kappa shape index (κ1) is 21.6. The zero-order chi connectivity index (χ0) is 17.7. The molecule has 0 saturated heterocycles. The highest BCUT2D eigenvalue weighted by molar-refractivity contribution is 7.09. The normalized spacial score (nSPS) is 9.57. The van der Waals surface area contributed by atoms with Crippen LogP contribution in [0.15, 0.2) is 29.6 Å². The summed E-state index contributed by atoms with van der Waals surface area (Å²) in [6.07, 6.45) is 0.685. The van der Waals surface area contributed by atoms with E-state index in [9.17, 15) is 0 Å². The van der Waals surface area contributed by atoms with Crippen LogP contribution in [0.1, 0.15) is 63.7 Å². The van der Waals surface area contributed by atoms with Crippen LogP contribution in [0.4, 0.5) is 0 Å². The molecule has 0 amide bonds. The summed E-state index contributed by atoms with van der Waals surface area (Å²) in [5, 5.41) is 12.1. The van der Waals surface area contributed by atoms with Gasteiger partial charge in [-0.15, -0.1) is 11.3 Å². The first-order valence-corrected chi connectivity index (χ1v) is 9.34. The molecule has 0 unspecified atom stereocenters. The second-order valence-electron chi connectivity index (χ2n) is 4.74. The molecule has 1 heterocycles. The van der Waals surface area contributed by atoms with Crippen LogP contribution in [0.5, 0.6) is 5.75 Å². The zero-order valence-electron chi connectivity index (χ0n) is 15.3. The van der Waals surface area contributed by atoms with Crippen LogP contribution in [0.2, 0.25) is 0 Å². The predicted molar refractivity (Wildman–Crippen MR) is 100 cm³/mol. The number of ether oxygens (including phenoxy) is 1. The first-order chi connectivity index (χ1) is 11.2. The van der Waals surface area contributed by atoms with Crippen LogP contribution in [0.25, 0.3) is 0 Å². The van der Waals surface area contributed by atoms with Crippen molar-refractivity contribution in [3.05, 3.63) is 45.9 Å². The molecule has 1 aromatic heterocycles. The van der Waals surface area contributed by atoms with Gasteiger partial charge in [0.25, 0.3) is 0 Å². The lowest BCUT2D eigenvalue weighted by Gasteiger charge is -2.05. The minimum absolute atomic E-state index is 0.178. The van der Waals surface area contributed by atoms with Gasteiger partial charge in [-0.05, 0) is 24.1 Å². The van der Waals surface area contributed by atoms with Crippen LogP contribution in [-0.2, 0) is 13.0 Å². The molecule has 0 bridgehead atoms. The SMILES string of the molecule is CC.CC.CC(C)c1nc(COc2ccc(CCO)cc2)cs1. The lowest BCUT2D eigenvalue weighted by molar-refractivity contribution is 0.297. The quantitative estimate of drug-likeness (QED) is 0.764. The molecule has 0 saturated carbocycles. The summed E-state index contributed by atoms with van der Waals surface area (Å²) in [4.78, 5) is 4.53. The van der Waals surface area contributed by atoms with Gasteiger partial charge in [0.2, 0.25) is 0 Å². The topological polar surface area (TPSA) is 42.4 Å². The third kappa shape index (κ3) is 8.14. The molecule has 0 spiro atoms. The number of nitrogens with zero attached hydrogens (tertiary/aromatic N) is 1. The van der Waals surface area contributed by atoms with E-state index in [0.29, 0.717) is 18.9 Å². The summed E-state index contributed by atoms with van der Waals surface area (Å²) >= 11 is 1.68. The molecular weight excluding hydrogens is 306 g/mol. The molecule has 0 aliphatic rings. The molecule has 1 N–H and O–H groups in total. The van der Waals surface area contributed by atoms with Crippen molar-refractivity contribution in [1.82, 2.24) is 4.98 Å². The Morgan fingerprint density at radius 2 is 1.70 bits per heavy atom. The van der Waals surface area contributed by atoms with Gasteiger partial charge in [0, 0.05) is 17.9 Å². The maximum absolute atomic E-state index is 8.85. The van der Waals surface area contributed by atoms with Gasteiger partial charge in [-0.3, -0.25) is 0 Å². The largest absolute Gasteiger partial charge is 0.487 e. The van der Waals surface area contributed by atoms with Crippen molar-refractivity contribution < 1.29 is 9.84 Å². The molecule has 0 aliphatic heterocycles. The van der Waals surface area contributed by atoms with Crippen molar-refractivity contribution in [3.8, 4) is 5.75 Å². The molecule has 4 heteroatoms. The van der Waals surface area contributed by atoms with E-state index in [4.69, 9.17) is 9.84 Å². The summed E-state index contributed by atoms with van der Waals surface area (Å²) in [5.41, 5.74) is 2.10. The second-order valence-corrected chi connectivity index (χ2v) is 5.63. The van der Waals surface area contributed by atoms with Crippen LogP contribution >= 0.6 is 11.3 Å². The molecule has 1 aromatic carbocycles. The second kappa shape index (κ2) is 13.1. The third-order valence-corrected chi connectivity index (χ3v) is 3.97. The fourth-order valence-corrected chi connectivity index (χ4v) is 2.51. The van der Waals surface area contributed by atoms with E-state index in [1.807, 2.05) is 52.0 Å². The van der Waals surface area contributed by atoms with E-state index < -0.39 is 0 Å². The third-order valence-electron chi connectivity index (χ3n) is 2.77. The molecule has 0 fully saturated rings. The maximum atomic E-state index is 8.85. The van der Waals surface area contributed by atoms with E-state index in [1.54, 1.807) is 11.3 Å². The highest BCUT2D eigenvalue weighted by atomic mass is 32.1. The van der Waals surface area contributed by atoms with Crippen molar-refractivity contribution in [2.24, 2.45) is 0 Å². The number of benzene rings is 1. The highest BCUT2D eigenvalue weighted by Gasteiger charge is 2.06. The van der Waals surface area contributed by atoms with E-state index in [1.165, 1.54) is 0 Å². The Bertz CT molecular complexity index is 506. The predicted octanol–water partition coefficient (Wildman–Crippen LogP) is 5.43. The van der Waals surface area contributed by atoms with Crippen LogP contribution in [0, 0.1) is 0 Å². The van der Waals surface area contributed by atoms with Gasteiger partial charge in [-0.25, -0.2) is 4.98 Å². The van der Waals surface area contributed by atoms with Gasteiger partial charge >= 0.3 is 0 Å². The first-order valence-electron chi connectivity index (χ1n) is 8.46. The van der Waals surface area contributed by atoms with Crippen LogP contribution in [0.3, 0.4) is 0 Å². The van der Waals surface area contributed by atoms with Crippen molar-refractivity contribution in [2.75, 3.05) is 6.61 Å². The van der Waals surface area contributed by atoms with Crippen molar-refractivity contribution in [1.29, 1.82) is 0 Å². The lowest BCUT2D eigenvalue weighted by atomic mass is 10.1. The molecule has 0 radical (unpaired) electrons. The number of aromatic nitrogens is 1. The molecule has 2 rings (SSSR count). The Labute approximate surface area is 145 Å². The van der Waals surface area contributed by atoms with Gasteiger partial charge in [-0.1, -0.05) is 53.7 Å². The smallest absolute Gasteiger partial charge is 0.131 e. The Balaban J connectivity index is 0.00000112. The average Bonchev–Trinajstić information content (AvgIpc) is 3.08. The van der Waals surface area contributed by atoms with E-state index >= 15 is 0 Å². The number of rotatable bonds is 6. The summed E-state index contributed by atoms with van der Waals surface area (Å²) in [7, 11) is 0. The van der Waals surface area contributed by atoms with Gasteiger partial charge in [0.1, 0.15) is 12.4 Å². The van der Waals surface area contributed by atoms with Crippen LogP contribution in [-0.4, -0.2) is 16.7 Å². The van der Waals surface area contributed by atoms with E-state index in [-0.39, 0.29) is 6.61 Å². The molecule has 0 aliphatic carbocycles. The molecule has 3 nitrogen and oxygen atoms in total. The Kier molecular flexibility index (Phi) is 12.3. The summed E-state index contributed by atoms with van der Waals surface area (Å²) in [5.74, 6) is 1.30. The average molecular weight is 338 g/mol. The van der Waals surface area contributed by atoms with E-state index in [2.05, 4.69) is 24.2 Å². The van der Waals surface area contributed by atoms with E-state index in [0.717, 1.165) is 22.0 Å². The highest BCUT2D eigenvalue weighted by Crippen LogP contribution is 2.20. The Morgan fingerprint density at radius 3 is 2.17 bits per heavy atom. The number of aliphatic hydroxyl groups is 1. The number of aliphatic hydroxyl groups excluding tert-OH is 1. The molecular formula is C19H31NO2S. The molecule has 0 atom stereocenters. The zero-order valence-corrected chi connectivity index (χ0v) is 16.1. The Morgan fingerprint density at radius 1 is 1.09 bits per heavy atom. The maximum Gasteiger partial charge on any atom is 0.131 e. The van der Waals surface area contributed by atoms with Crippen LogP contribution < -0.4 is 4.74 Å². The van der Waals surface area contributed by atoms with Crippen molar-refractivity contribution in [2.45, 2.75) is 60.5 Å². The molecule has 130 valence electrons. The number of hydrogen-bond acceptors (Lipinski definition) is 4. The fourth-order valence-electron chi connectivity index (χ4n) is 1.69. The monoisotopic (exact) mass is 337 g/mol. The lowest BCUT2D eigenvalue weighted by Crippen LogP contribution is -1.97. The minimum atomic E-state index is 0.178. The van der Waals surface area contributed by atoms with Gasteiger partial charge in [0.15, 0.2) is 0 Å². The fraction of sp³-hybridized carbons (Fsp3) is 0.526. The summed E-state index contributed by atoms with van der Waals surface area (Å²) < 4.78 is 5.70. The van der Waals surface area contributed by atoms with Gasteiger partial charge in [0.05, 0.1) is 10.7 Å². The molecule has 2 aromatic rings. The summed E-state index contributed by atoms with van der Waals surface area (Å²) in [6, 6.07) is 7.82. The Hall–Kier alpha value is -1.39. The minimum Gasteiger partial charge on any atom is -0.487 e. The number of thiazole rings is 1. The molecule has 23 heavy (non-hydrogen) atoms. The summed E-state index contributed by atoms with van der Waals surface area (Å²) in [6.45, 7) is 13.0. The number of hydrogen-bond donors (Lipinski definition) is 1. The van der Waals surface area contributed by atoms with Crippen molar-refractivity contribution >= 4 is 11.3 Å². The van der Waals surface area contributed by atoms with Gasteiger partial charge in [-0.2, -0.15) is 0 Å². The van der Waals surface area contributed by atoms with Gasteiger partial charge < -0.3 is 9.84 Å². The standard InChI is InChI=1S/C15H19NO2S.2C2H6/c1-11(2)15-16-13(10-19-15)9-18-14-5-3-12(4-6-14)7-8-17;2*1-2/h3-6,10-11,17H,7-9H2,1-2H3;2*1-2H3.